The topological polar surface area (TPSA) is 55.6 Å². The summed E-state index contributed by atoms with van der Waals surface area (Å²) in [5.41, 5.74) is 6.54. The Bertz CT molecular complexity index is 501. The van der Waals surface area contributed by atoms with E-state index in [2.05, 4.69) is 6.92 Å². The van der Waals surface area contributed by atoms with Gasteiger partial charge in [-0.25, -0.2) is 9.18 Å². The first-order valence-electron chi connectivity index (χ1n) is 7.11. The van der Waals surface area contributed by atoms with Crippen molar-refractivity contribution in [3.63, 3.8) is 0 Å². The molecule has 0 spiro atoms. The zero-order chi connectivity index (χ0) is 14.7. The number of halogens is 1. The molecule has 1 fully saturated rings. The third kappa shape index (κ3) is 3.03. The molecule has 4 nitrogen and oxygen atoms in total. The number of carbonyl (C=O) groups excluding carboxylic acids is 1. The molecule has 1 aliphatic rings. The molecule has 2 rings (SSSR count). The first kappa shape index (κ1) is 14.6. The van der Waals surface area contributed by atoms with E-state index >= 15 is 0 Å². The van der Waals surface area contributed by atoms with Gasteiger partial charge in [-0.15, -0.1) is 0 Å². The van der Waals surface area contributed by atoms with Crippen LogP contribution in [0.5, 0.6) is 0 Å². The monoisotopic (exact) mass is 280 g/mol. The van der Waals surface area contributed by atoms with E-state index in [1.807, 2.05) is 4.90 Å². The molecule has 1 aromatic rings. The summed E-state index contributed by atoms with van der Waals surface area (Å²) in [5.74, 6) is -0.880. The number of carbonyl (C=O) groups is 1. The van der Waals surface area contributed by atoms with Gasteiger partial charge in [-0.3, -0.25) is 0 Å². The summed E-state index contributed by atoms with van der Waals surface area (Å²) in [6.45, 7) is 4.82. The number of ether oxygens (including phenoxy) is 1. The van der Waals surface area contributed by atoms with E-state index in [0.29, 0.717) is 11.7 Å². The van der Waals surface area contributed by atoms with E-state index in [0.717, 1.165) is 25.8 Å². The molecule has 1 aromatic carbocycles. The minimum atomic E-state index is -0.501. The Labute approximate surface area is 118 Å². The van der Waals surface area contributed by atoms with Gasteiger partial charge in [0.1, 0.15) is 5.82 Å². The van der Waals surface area contributed by atoms with Gasteiger partial charge in [-0.1, -0.05) is 6.92 Å². The maximum atomic E-state index is 14.2. The predicted molar refractivity (Wildman–Crippen MR) is 77.4 cm³/mol. The van der Waals surface area contributed by atoms with Crippen LogP contribution < -0.4 is 10.6 Å². The summed E-state index contributed by atoms with van der Waals surface area (Å²) in [5, 5.41) is 0. The predicted octanol–water partition coefficient (Wildman–Crippen LogP) is 2.96. The second-order valence-corrected chi connectivity index (χ2v) is 5.04. The Kier molecular flexibility index (Phi) is 4.47. The molecule has 20 heavy (non-hydrogen) atoms. The van der Waals surface area contributed by atoms with Crippen LogP contribution >= 0.6 is 0 Å². The molecule has 0 unspecified atom stereocenters. The van der Waals surface area contributed by atoms with Gasteiger partial charge in [-0.05, 0) is 38.3 Å². The summed E-state index contributed by atoms with van der Waals surface area (Å²) in [7, 11) is 0. The second-order valence-electron chi connectivity index (χ2n) is 5.04. The van der Waals surface area contributed by atoms with Crippen molar-refractivity contribution in [2.45, 2.75) is 39.2 Å². The summed E-state index contributed by atoms with van der Waals surface area (Å²) in [6.07, 6.45) is 3.06. The average molecular weight is 280 g/mol. The minimum absolute atomic E-state index is 0.122. The molecule has 0 amide bonds. The fraction of sp³-hybridized carbons (Fsp3) is 0.533. The summed E-state index contributed by atoms with van der Waals surface area (Å²) in [4.78, 5) is 13.9. The molecule has 5 heteroatoms. The van der Waals surface area contributed by atoms with Crippen LogP contribution in [0.3, 0.4) is 0 Å². The number of esters is 1. The Hall–Kier alpha value is -1.78. The van der Waals surface area contributed by atoms with Crippen LogP contribution in [-0.2, 0) is 4.74 Å². The first-order chi connectivity index (χ1) is 9.58. The van der Waals surface area contributed by atoms with Crippen LogP contribution in [0, 0.1) is 5.82 Å². The highest BCUT2D eigenvalue weighted by Crippen LogP contribution is 2.35. The SMILES string of the molecule is CCCN(c1cc(C(=O)OCC)c(N)cc1F)C1CC1. The Morgan fingerprint density at radius 2 is 2.15 bits per heavy atom. The van der Waals surface area contributed by atoms with Gasteiger partial charge >= 0.3 is 5.97 Å². The van der Waals surface area contributed by atoms with Crippen molar-refractivity contribution in [1.82, 2.24) is 0 Å². The largest absolute Gasteiger partial charge is 0.462 e. The molecule has 0 bridgehead atoms. The van der Waals surface area contributed by atoms with Crippen molar-refractivity contribution in [3.05, 3.63) is 23.5 Å². The lowest BCUT2D eigenvalue weighted by Gasteiger charge is -2.25. The van der Waals surface area contributed by atoms with Gasteiger partial charge in [0.05, 0.1) is 17.9 Å². The molecule has 1 aliphatic carbocycles. The number of rotatable bonds is 6. The highest BCUT2D eigenvalue weighted by molar-refractivity contribution is 5.96. The quantitative estimate of drug-likeness (QED) is 0.643. The van der Waals surface area contributed by atoms with E-state index in [1.54, 1.807) is 6.92 Å². The fourth-order valence-corrected chi connectivity index (χ4v) is 2.31. The average Bonchev–Trinajstić information content (AvgIpc) is 3.21. The van der Waals surface area contributed by atoms with Crippen molar-refractivity contribution in [2.24, 2.45) is 0 Å². The first-order valence-corrected chi connectivity index (χ1v) is 7.11. The Morgan fingerprint density at radius 1 is 1.45 bits per heavy atom. The van der Waals surface area contributed by atoms with Crippen LogP contribution in [0.2, 0.25) is 0 Å². The van der Waals surface area contributed by atoms with Gasteiger partial charge < -0.3 is 15.4 Å². The summed E-state index contributed by atoms with van der Waals surface area (Å²) < 4.78 is 19.1. The van der Waals surface area contributed by atoms with Crippen LogP contribution in [0.4, 0.5) is 15.8 Å². The standard InChI is InChI=1S/C15H21FN2O2/c1-3-7-18(10-5-6-10)14-8-11(15(19)20-4-2)13(17)9-12(14)16/h8-10H,3-7,17H2,1-2H3. The summed E-state index contributed by atoms with van der Waals surface area (Å²) >= 11 is 0. The lowest BCUT2D eigenvalue weighted by Crippen LogP contribution is -2.28. The Morgan fingerprint density at radius 3 is 2.70 bits per heavy atom. The number of nitrogens with two attached hydrogens (primary N) is 1. The van der Waals surface area contributed by atoms with Crippen molar-refractivity contribution in [1.29, 1.82) is 0 Å². The van der Waals surface area contributed by atoms with Crippen molar-refractivity contribution >= 4 is 17.3 Å². The van der Waals surface area contributed by atoms with E-state index < -0.39 is 5.97 Å². The number of hydrogen-bond acceptors (Lipinski definition) is 4. The maximum absolute atomic E-state index is 14.2. The van der Waals surface area contributed by atoms with Gasteiger partial charge in [0, 0.05) is 18.3 Å². The zero-order valence-electron chi connectivity index (χ0n) is 12.0. The lowest BCUT2D eigenvalue weighted by molar-refractivity contribution is 0.0527. The van der Waals surface area contributed by atoms with Crippen LogP contribution in [-0.4, -0.2) is 25.2 Å². The molecule has 0 atom stereocenters. The number of anilines is 2. The van der Waals surface area contributed by atoms with Crippen molar-refractivity contribution in [2.75, 3.05) is 23.8 Å². The van der Waals surface area contributed by atoms with Crippen LogP contribution in [0.15, 0.2) is 12.1 Å². The molecule has 0 aliphatic heterocycles. The third-order valence-corrected chi connectivity index (χ3v) is 3.38. The number of nitrogens with zero attached hydrogens (tertiary/aromatic N) is 1. The number of benzene rings is 1. The molecule has 0 heterocycles. The Balaban J connectivity index is 2.36. The molecule has 0 saturated heterocycles. The third-order valence-electron chi connectivity index (χ3n) is 3.38. The van der Waals surface area contributed by atoms with Crippen molar-refractivity contribution in [3.8, 4) is 0 Å². The minimum Gasteiger partial charge on any atom is -0.462 e. The van der Waals surface area contributed by atoms with Gasteiger partial charge in [0.2, 0.25) is 0 Å². The van der Waals surface area contributed by atoms with Gasteiger partial charge in [0.25, 0.3) is 0 Å². The molecular weight excluding hydrogens is 259 g/mol. The highest BCUT2D eigenvalue weighted by atomic mass is 19.1. The second kappa shape index (κ2) is 6.11. The molecule has 0 radical (unpaired) electrons. The van der Waals surface area contributed by atoms with Crippen molar-refractivity contribution < 1.29 is 13.9 Å². The molecular formula is C15H21FN2O2. The van der Waals surface area contributed by atoms with Crippen LogP contribution in [0.1, 0.15) is 43.5 Å². The van der Waals surface area contributed by atoms with Gasteiger partial charge in [0.15, 0.2) is 0 Å². The van der Waals surface area contributed by atoms with Crippen LogP contribution in [0.25, 0.3) is 0 Å². The van der Waals surface area contributed by atoms with E-state index in [4.69, 9.17) is 10.5 Å². The zero-order valence-corrected chi connectivity index (χ0v) is 12.0. The van der Waals surface area contributed by atoms with Gasteiger partial charge in [-0.2, -0.15) is 0 Å². The summed E-state index contributed by atoms with van der Waals surface area (Å²) in [6, 6.07) is 3.12. The lowest BCUT2D eigenvalue weighted by atomic mass is 10.1. The number of hydrogen-bond donors (Lipinski definition) is 1. The fourth-order valence-electron chi connectivity index (χ4n) is 2.31. The molecule has 2 N–H and O–H groups in total. The molecule has 110 valence electrons. The molecule has 0 aromatic heterocycles. The molecule has 1 saturated carbocycles. The smallest absolute Gasteiger partial charge is 0.340 e. The van der Waals surface area contributed by atoms with E-state index in [1.165, 1.54) is 12.1 Å². The normalized spacial score (nSPS) is 14.2. The number of nitrogen functional groups attached to an aromatic ring is 1. The van der Waals surface area contributed by atoms with E-state index in [9.17, 15) is 9.18 Å². The highest BCUT2D eigenvalue weighted by Gasteiger charge is 2.31. The van der Waals surface area contributed by atoms with E-state index in [-0.39, 0.29) is 23.7 Å². The maximum Gasteiger partial charge on any atom is 0.340 e.